The van der Waals surface area contributed by atoms with E-state index in [2.05, 4.69) is 20.5 Å². The number of anilines is 1. The fraction of sp³-hybridized carbons (Fsp3) is 0.0270. The predicted octanol–water partition coefficient (Wildman–Crippen LogP) is 7.12. The monoisotopic (exact) mass is 941 g/mol. The number of nitrogens with zero attached hydrogens (tertiary/aromatic N) is 4. The van der Waals surface area contributed by atoms with E-state index in [1.54, 1.807) is 54.6 Å². The first-order valence-electron chi connectivity index (χ1n) is 16.8. The van der Waals surface area contributed by atoms with Crippen LogP contribution in [0.2, 0.25) is 0 Å². The molecule has 0 aliphatic heterocycles. The smallest absolute Gasteiger partial charge is 0.398 e. The Morgan fingerprint density at radius 3 is 1.44 bits per heavy atom. The van der Waals surface area contributed by atoms with Gasteiger partial charge in [-0.05, 0) is 85.1 Å². The standard InChI is InChI=1S/C37H27N5O9S3.2O3S/c1-22-8-10-24(11-9-22)54(49,50)51-36-7-3-5-23-4-2-6-35(37(23)36)42-40-33-18-19-34(30-21-26(53(46,47)48)13-15-28(30)33)41-39-32-17-16-31(38)29-20-25(52(43,44)45)12-14-27(29)32;2*1-4(2)3/h2-21H,38H2,1H3,(H,43,44,45)(H,46,47,48);;. The zero-order valence-corrected chi connectivity index (χ0v) is 35.2. The second kappa shape index (κ2) is 18.8. The number of hydrogen-bond donors (Lipinski definition) is 3. The highest BCUT2D eigenvalue weighted by Crippen LogP contribution is 2.40. The van der Waals surface area contributed by atoms with Crippen LogP contribution in [0.1, 0.15) is 5.56 Å². The highest BCUT2D eigenvalue weighted by Gasteiger charge is 2.20. The van der Waals surface area contributed by atoms with E-state index in [9.17, 15) is 34.4 Å². The van der Waals surface area contributed by atoms with Gasteiger partial charge in [0, 0.05) is 27.2 Å². The van der Waals surface area contributed by atoms with Gasteiger partial charge in [0.05, 0.1) is 37.9 Å². The average molecular weight is 942 g/mol. The summed E-state index contributed by atoms with van der Waals surface area (Å²) >= 11 is 0. The molecule has 320 valence electrons. The number of azo groups is 2. The molecule has 0 amide bonds. The lowest BCUT2D eigenvalue weighted by molar-refractivity contribution is 0.481. The molecular weight excluding hydrogens is 915 g/mol. The first-order chi connectivity index (χ1) is 29.0. The third-order valence-corrected chi connectivity index (χ3v) is 11.4. The van der Waals surface area contributed by atoms with E-state index < -0.39 is 56.5 Å². The van der Waals surface area contributed by atoms with Crippen molar-refractivity contribution in [3.8, 4) is 5.75 Å². The molecule has 0 heterocycles. The summed E-state index contributed by atoms with van der Waals surface area (Å²) in [6.45, 7) is 1.84. The summed E-state index contributed by atoms with van der Waals surface area (Å²) in [6, 6.07) is 30.1. The van der Waals surface area contributed by atoms with Gasteiger partial charge in [-0.1, -0.05) is 54.1 Å². The van der Waals surface area contributed by atoms with Gasteiger partial charge in [0.15, 0.2) is 5.75 Å². The highest BCUT2D eigenvalue weighted by molar-refractivity contribution is 7.87. The summed E-state index contributed by atoms with van der Waals surface area (Å²) in [5.74, 6) is 0.0328. The van der Waals surface area contributed by atoms with Crippen LogP contribution >= 0.6 is 0 Å². The second-order valence-corrected chi connectivity index (χ2v) is 17.6. The first-order valence-corrected chi connectivity index (χ1v) is 23.1. The van der Waals surface area contributed by atoms with E-state index in [0.717, 1.165) is 5.56 Å². The van der Waals surface area contributed by atoms with E-state index >= 15 is 0 Å². The molecule has 0 radical (unpaired) electrons. The number of benzene rings is 7. The first kappa shape index (κ1) is 46.2. The quantitative estimate of drug-likeness (QED) is 0.0561. The van der Waals surface area contributed by atoms with Gasteiger partial charge in [-0.2, -0.15) is 25.3 Å². The van der Waals surface area contributed by atoms with Crippen LogP contribution in [0.4, 0.5) is 28.4 Å². The molecule has 0 aliphatic rings. The highest BCUT2D eigenvalue weighted by atomic mass is 32.2. The summed E-state index contributed by atoms with van der Waals surface area (Å²) in [4.78, 5) is -0.793. The molecule has 7 aromatic carbocycles. The van der Waals surface area contributed by atoms with Crippen molar-refractivity contribution in [2.45, 2.75) is 21.6 Å². The van der Waals surface area contributed by atoms with Gasteiger partial charge in [-0.3, -0.25) is 9.11 Å². The molecule has 0 aromatic heterocycles. The van der Waals surface area contributed by atoms with Gasteiger partial charge in [-0.15, -0.1) is 45.7 Å². The van der Waals surface area contributed by atoms with E-state index in [1.807, 2.05) is 6.92 Å². The summed E-state index contributed by atoms with van der Waals surface area (Å²) in [5, 5.41) is 19.9. The summed E-state index contributed by atoms with van der Waals surface area (Å²) in [6.07, 6.45) is 0. The minimum absolute atomic E-state index is 0.0203. The van der Waals surface area contributed by atoms with Crippen molar-refractivity contribution in [1.29, 1.82) is 0 Å². The topological polar surface area (TPSA) is 330 Å². The molecule has 20 nitrogen and oxygen atoms in total. The third-order valence-electron chi connectivity index (χ3n) is 8.42. The maximum absolute atomic E-state index is 13.2. The van der Waals surface area contributed by atoms with Crippen LogP contribution < -0.4 is 9.92 Å². The van der Waals surface area contributed by atoms with Gasteiger partial charge >= 0.3 is 31.3 Å². The van der Waals surface area contributed by atoms with Gasteiger partial charge in [0.25, 0.3) is 20.2 Å². The minimum Gasteiger partial charge on any atom is -0.398 e. The van der Waals surface area contributed by atoms with Crippen molar-refractivity contribution in [2.24, 2.45) is 20.5 Å². The average Bonchev–Trinajstić information content (AvgIpc) is 3.18. The van der Waals surface area contributed by atoms with Crippen molar-refractivity contribution in [3.05, 3.63) is 127 Å². The fourth-order valence-electron chi connectivity index (χ4n) is 5.74. The van der Waals surface area contributed by atoms with Crippen molar-refractivity contribution in [2.75, 3.05) is 5.73 Å². The molecule has 0 aliphatic carbocycles. The summed E-state index contributed by atoms with van der Waals surface area (Å²) < 4.78 is 150. The molecule has 0 bridgehead atoms. The Balaban J connectivity index is 0.000000836. The van der Waals surface area contributed by atoms with Crippen LogP contribution in [0.15, 0.2) is 156 Å². The molecule has 0 unspecified atom stereocenters. The largest absolute Gasteiger partial charge is 0.425 e. The molecule has 0 spiro atoms. The van der Waals surface area contributed by atoms with Crippen molar-refractivity contribution in [3.63, 3.8) is 0 Å². The van der Waals surface area contributed by atoms with E-state index in [4.69, 9.17) is 35.2 Å². The molecule has 7 rings (SSSR count). The summed E-state index contributed by atoms with van der Waals surface area (Å²) in [7, 11) is -19.6. The van der Waals surface area contributed by atoms with Crippen LogP contribution in [0.5, 0.6) is 5.75 Å². The van der Waals surface area contributed by atoms with Crippen LogP contribution in [-0.2, 0) is 51.6 Å². The molecular formula is C37H27N5O15S5. The third kappa shape index (κ3) is 11.5. The van der Waals surface area contributed by atoms with Gasteiger partial charge in [0.2, 0.25) is 0 Å². The Bertz CT molecular complexity index is 3510. The van der Waals surface area contributed by atoms with Crippen LogP contribution in [0.25, 0.3) is 32.3 Å². The fourth-order valence-corrected chi connectivity index (χ4v) is 7.69. The zero-order chi connectivity index (χ0) is 45.6. The van der Waals surface area contributed by atoms with Crippen molar-refractivity contribution >= 4 is 112 Å². The van der Waals surface area contributed by atoms with Crippen LogP contribution in [0.3, 0.4) is 0 Å². The number of hydrogen-bond acceptors (Lipinski definition) is 18. The zero-order valence-electron chi connectivity index (χ0n) is 31.2. The van der Waals surface area contributed by atoms with Gasteiger partial charge < -0.3 is 9.92 Å². The normalized spacial score (nSPS) is 11.9. The predicted molar refractivity (Wildman–Crippen MR) is 223 cm³/mol. The Labute approximate surface area is 354 Å². The lowest BCUT2D eigenvalue weighted by Gasteiger charge is -2.11. The van der Waals surface area contributed by atoms with Crippen LogP contribution in [0, 0.1) is 6.92 Å². The maximum Gasteiger partial charge on any atom is 0.425 e. The number of aryl methyl sites for hydroxylation is 1. The lowest BCUT2D eigenvalue weighted by Crippen LogP contribution is -2.10. The molecule has 0 saturated heterocycles. The van der Waals surface area contributed by atoms with Gasteiger partial charge in [0.1, 0.15) is 4.90 Å². The number of nitrogen functional groups attached to an aromatic ring is 1. The molecule has 0 fully saturated rings. The van der Waals surface area contributed by atoms with Gasteiger partial charge in [-0.25, -0.2) is 0 Å². The molecule has 4 N–H and O–H groups in total. The van der Waals surface area contributed by atoms with Crippen molar-refractivity contribution < 1.29 is 63.8 Å². The number of rotatable bonds is 9. The van der Waals surface area contributed by atoms with Crippen LogP contribution in [-0.4, -0.2) is 59.6 Å². The Hall–Kier alpha value is -6.87. The molecule has 0 saturated carbocycles. The number of nitrogens with two attached hydrogens (primary N) is 1. The SMILES string of the molecule is Cc1ccc(S(=O)(=O)Oc2cccc3cccc(N=Nc4ccc(N=Nc5ccc(N)c6cc(S(=O)(=O)O)ccc56)c5cc(S(=O)(=O)O)ccc45)c23)cc1.O=S(=O)=O.O=S(=O)=O. The Morgan fingerprint density at radius 2 is 0.919 bits per heavy atom. The Kier molecular flexibility index (Phi) is 14.0. The maximum atomic E-state index is 13.2. The molecule has 7 aromatic rings. The summed E-state index contributed by atoms with van der Waals surface area (Å²) in [5.41, 5.74) is 8.19. The van der Waals surface area contributed by atoms with E-state index in [-0.39, 0.29) is 49.4 Å². The molecule has 25 heteroatoms. The van der Waals surface area contributed by atoms with Crippen molar-refractivity contribution in [1.82, 2.24) is 0 Å². The molecule has 62 heavy (non-hydrogen) atoms. The second-order valence-electron chi connectivity index (χ2n) is 12.4. The minimum atomic E-state index is -4.64. The lowest BCUT2D eigenvalue weighted by atomic mass is 10.1. The number of fused-ring (bicyclic) bond motifs is 3. The molecule has 0 atom stereocenters. The van der Waals surface area contributed by atoms with E-state index in [0.29, 0.717) is 26.9 Å². The van der Waals surface area contributed by atoms with E-state index in [1.165, 1.54) is 66.7 Å². The Morgan fingerprint density at radius 1 is 0.500 bits per heavy atom.